The fraction of sp³-hybridized carbons (Fsp3) is 0.167. The van der Waals surface area contributed by atoms with Crippen LogP contribution in [0.1, 0.15) is 12.0 Å². The molecule has 0 atom stereocenters. The fourth-order valence-electron chi connectivity index (χ4n) is 5.54. The van der Waals surface area contributed by atoms with Gasteiger partial charge in [-0.15, -0.1) is 0 Å². The average Bonchev–Trinajstić information content (AvgIpc) is 3.41. The number of carbonyl (C=O) groups excluding carboxylic acids is 1. The molecule has 8 heteroatoms. The molecule has 2 aromatic heterocycles. The Kier molecular flexibility index (Phi) is 8.03. The first-order chi connectivity index (χ1) is 21.2. The van der Waals surface area contributed by atoms with Crippen LogP contribution in [0.25, 0.3) is 44.2 Å². The topological polar surface area (TPSA) is 86.4 Å². The van der Waals surface area contributed by atoms with Gasteiger partial charge in [0.2, 0.25) is 5.91 Å². The number of aromatic nitrogens is 2. The number of nitrogens with one attached hydrogen (secondary N) is 1. The maximum atomic E-state index is 13.2. The Bertz CT molecular complexity index is 2050. The summed E-state index contributed by atoms with van der Waals surface area (Å²) in [5.41, 5.74) is 7.09. The van der Waals surface area contributed by atoms with E-state index in [1.54, 1.807) is 36.2 Å². The van der Waals surface area contributed by atoms with E-state index in [4.69, 9.17) is 4.98 Å². The predicted molar refractivity (Wildman–Crippen MR) is 178 cm³/mol. The lowest BCUT2D eigenvalue weighted by Crippen LogP contribution is -2.29. The van der Waals surface area contributed by atoms with Crippen LogP contribution < -0.4 is 4.90 Å². The number of benzene rings is 4. The van der Waals surface area contributed by atoms with Gasteiger partial charge in [0, 0.05) is 59.3 Å². The molecule has 1 N–H and O–H groups in total. The zero-order valence-corrected chi connectivity index (χ0v) is 25.8. The number of nitrogens with zero attached hydrogens (tertiary/aromatic N) is 3. The standard InChI is InChI=1S/C36H34N4O3S/c1-39(2)21-20-33(41)40(3)28-17-15-26(16-18-28)31-23-37-36-35(34(31)27-10-6-4-7-11-27)30-22-25(14-19-32(30)38-36)24-44(42,43)29-12-8-5-9-13-29/h4-19,22-23H,20-21,24H2,1-3H3,(H,37,38). The zero-order chi connectivity index (χ0) is 30.8. The summed E-state index contributed by atoms with van der Waals surface area (Å²) in [6.07, 6.45) is 2.32. The number of anilines is 1. The van der Waals surface area contributed by atoms with Crippen LogP contribution in [-0.4, -0.2) is 56.9 Å². The molecule has 222 valence electrons. The van der Waals surface area contributed by atoms with Crippen molar-refractivity contribution in [3.05, 3.63) is 115 Å². The fourth-order valence-corrected chi connectivity index (χ4v) is 6.90. The molecule has 6 rings (SSSR count). The van der Waals surface area contributed by atoms with Crippen LogP contribution in [0.2, 0.25) is 0 Å². The van der Waals surface area contributed by atoms with Crippen molar-refractivity contribution in [2.75, 3.05) is 32.6 Å². The summed E-state index contributed by atoms with van der Waals surface area (Å²) in [5.74, 6) is -0.0428. The Morgan fingerprint density at radius 1 is 0.818 bits per heavy atom. The van der Waals surface area contributed by atoms with E-state index in [9.17, 15) is 13.2 Å². The first-order valence-electron chi connectivity index (χ1n) is 14.5. The minimum Gasteiger partial charge on any atom is -0.339 e. The summed E-state index contributed by atoms with van der Waals surface area (Å²) in [4.78, 5) is 25.0. The maximum absolute atomic E-state index is 13.2. The molecule has 0 radical (unpaired) electrons. The smallest absolute Gasteiger partial charge is 0.228 e. The van der Waals surface area contributed by atoms with Crippen molar-refractivity contribution in [2.24, 2.45) is 0 Å². The number of rotatable bonds is 9. The molecule has 0 aliphatic rings. The molecule has 0 saturated heterocycles. The highest BCUT2D eigenvalue weighted by Gasteiger charge is 2.20. The van der Waals surface area contributed by atoms with Crippen molar-refractivity contribution in [1.82, 2.24) is 14.9 Å². The van der Waals surface area contributed by atoms with Gasteiger partial charge in [0.1, 0.15) is 5.65 Å². The van der Waals surface area contributed by atoms with Gasteiger partial charge < -0.3 is 14.8 Å². The van der Waals surface area contributed by atoms with Crippen molar-refractivity contribution in [3.63, 3.8) is 0 Å². The number of pyridine rings is 1. The van der Waals surface area contributed by atoms with Crippen molar-refractivity contribution in [2.45, 2.75) is 17.1 Å². The third-order valence-corrected chi connectivity index (χ3v) is 9.62. The number of H-pyrrole nitrogens is 1. The Balaban J connectivity index is 1.45. The number of sulfone groups is 1. The summed E-state index contributed by atoms with van der Waals surface area (Å²) in [5, 5.41) is 1.85. The molecule has 7 nitrogen and oxygen atoms in total. The van der Waals surface area contributed by atoms with Gasteiger partial charge in [-0.05, 0) is 67.2 Å². The van der Waals surface area contributed by atoms with Crippen LogP contribution in [0.5, 0.6) is 0 Å². The highest BCUT2D eigenvalue weighted by atomic mass is 32.2. The molecule has 0 aliphatic carbocycles. The minimum absolute atomic E-state index is 0.0587. The first-order valence-corrected chi connectivity index (χ1v) is 16.1. The molecule has 0 unspecified atom stereocenters. The van der Waals surface area contributed by atoms with Crippen LogP contribution >= 0.6 is 0 Å². The van der Waals surface area contributed by atoms with Gasteiger partial charge in [-0.1, -0.05) is 66.7 Å². The van der Waals surface area contributed by atoms with E-state index in [2.05, 4.69) is 17.1 Å². The highest BCUT2D eigenvalue weighted by molar-refractivity contribution is 7.90. The van der Waals surface area contributed by atoms with Gasteiger partial charge in [-0.2, -0.15) is 0 Å². The van der Waals surface area contributed by atoms with Crippen molar-refractivity contribution >= 4 is 43.4 Å². The molecule has 0 bridgehead atoms. The average molecular weight is 603 g/mol. The number of hydrogen-bond donors (Lipinski definition) is 1. The van der Waals surface area contributed by atoms with E-state index in [1.165, 1.54) is 0 Å². The second-order valence-corrected chi connectivity index (χ2v) is 13.3. The summed E-state index contributed by atoms with van der Waals surface area (Å²) >= 11 is 0. The second kappa shape index (κ2) is 12.1. The third-order valence-electron chi connectivity index (χ3n) is 7.92. The monoisotopic (exact) mass is 602 g/mol. The van der Waals surface area contributed by atoms with Crippen LogP contribution in [0.15, 0.2) is 114 Å². The number of aromatic amines is 1. The van der Waals surface area contributed by atoms with E-state index >= 15 is 0 Å². The van der Waals surface area contributed by atoms with E-state index in [1.807, 2.05) is 91.9 Å². The highest BCUT2D eigenvalue weighted by Crippen LogP contribution is 2.41. The predicted octanol–water partition coefficient (Wildman–Crippen LogP) is 6.94. The minimum atomic E-state index is -3.51. The molecule has 0 fully saturated rings. The van der Waals surface area contributed by atoms with E-state index in [-0.39, 0.29) is 11.7 Å². The molecule has 0 spiro atoms. The first kappa shape index (κ1) is 29.3. The number of hydrogen-bond acceptors (Lipinski definition) is 5. The van der Waals surface area contributed by atoms with Gasteiger partial charge in [-0.25, -0.2) is 13.4 Å². The molecular weight excluding hydrogens is 568 g/mol. The Hall–Kier alpha value is -4.79. The lowest BCUT2D eigenvalue weighted by Gasteiger charge is -2.19. The van der Waals surface area contributed by atoms with Crippen LogP contribution in [0.4, 0.5) is 5.69 Å². The van der Waals surface area contributed by atoms with Crippen LogP contribution in [-0.2, 0) is 20.4 Å². The number of carbonyl (C=O) groups is 1. The van der Waals surface area contributed by atoms with Gasteiger partial charge in [0.15, 0.2) is 9.84 Å². The van der Waals surface area contributed by atoms with E-state index in [0.29, 0.717) is 23.4 Å². The summed E-state index contributed by atoms with van der Waals surface area (Å²) in [7, 11) is 2.20. The zero-order valence-electron chi connectivity index (χ0n) is 25.0. The number of fused-ring (bicyclic) bond motifs is 3. The summed E-state index contributed by atoms with van der Waals surface area (Å²) < 4.78 is 26.4. The quantitative estimate of drug-likeness (QED) is 0.194. The van der Waals surface area contributed by atoms with Crippen LogP contribution in [0, 0.1) is 0 Å². The molecular formula is C36H34N4O3S. The van der Waals surface area contributed by atoms with E-state index < -0.39 is 9.84 Å². The van der Waals surface area contributed by atoms with E-state index in [0.717, 1.165) is 49.9 Å². The van der Waals surface area contributed by atoms with Gasteiger partial charge in [0.05, 0.1) is 10.6 Å². The normalized spacial score (nSPS) is 11.8. The van der Waals surface area contributed by atoms with Crippen molar-refractivity contribution in [1.29, 1.82) is 0 Å². The lowest BCUT2D eigenvalue weighted by molar-refractivity contribution is -0.118. The van der Waals surface area contributed by atoms with Crippen LogP contribution in [0.3, 0.4) is 0 Å². The molecule has 0 saturated carbocycles. The lowest BCUT2D eigenvalue weighted by atomic mass is 9.92. The Morgan fingerprint density at radius 2 is 1.50 bits per heavy atom. The number of amides is 1. The molecule has 6 aromatic rings. The van der Waals surface area contributed by atoms with Gasteiger partial charge in [0.25, 0.3) is 0 Å². The molecule has 0 aliphatic heterocycles. The SMILES string of the molecule is CN(C)CCC(=O)N(C)c1ccc(-c2cnc3[nH]c4ccc(CS(=O)(=O)c5ccccc5)cc4c3c2-c2ccccc2)cc1. The van der Waals surface area contributed by atoms with Gasteiger partial charge >= 0.3 is 0 Å². The second-order valence-electron chi connectivity index (χ2n) is 11.3. The summed E-state index contributed by atoms with van der Waals surface area (Å²) in [6.45, 7) is 0.692. The molecule has 4 aromatic carbocycles. The molecule has 2 heterocycles. The van der Waals surface area contributed by atoms with Crippen molar-refractivity contribution < 1.29 is 13.2 Å². The van der Waals surface area contributed by atoms with Gasteiger partial charge in [-0.3, -0.25) is 4.79 Å². The Labute approximate surface area is 257 Å². The Morgan fingerprint density at radius 3 is 2.18 bits per heavy atom. The molecule has 1 amide bonds. The molecule has 44 heavy (non-hydrogen) atoms. The maximum Gasteiger partial charge on any atom is 0.228 e. The largest absolute Gasteiger partial charge is 0.339 e. The van der Waals surface area contributed by atoms with Crippen molar-refractivity contribution in [3.8, 4) is 22.3 Å². The summed E-state index contributed by atoms with van der Waals surface area (Å²) in [6, 6.07) is 32.4. The third kappa shape index (κ3) is 5.86.